The highest BCUT2D eigenvalue weighted by molar-refractivity contribution is 7.89. The van der Waals surface area contributed by atoms with Gasteiger partial charge in [0, 0.05) is 31.7 Å². The molecule has 0 amide bonds. The van der Waals surface area contributed by atoms with Crippen LogP contribution in [0.5, 0.6) is 0 Å². The smallest absolute Gasteiger partial charge is 0.264 e. The van der Waals surface area contributed by atoms with Crippen molar-refractivity contribution >= 4 is 47.8 Å². The maximum Gasteiger partial charge on any atom is 0.264 e. The fourth-order valence-corrected chi connectivity index (χ4v) is 6.94. The summed E-state index contributed by atoms with van der Waals surface area (Å²) < 4.78 is 61.2. The fraction of sp³-hybridized carbons (Fsp3) is 0.526. The van der Waals surface area contributed by atoms with Gasteiger partial charge in [-0.3, -0.25) is 4.55 Å². The minimum absolute atomic E-state index is 0.257. The molecular formula is C19H27N2O5S3+. The fourth-order valence-electron chi connectivity index (χ4n) is 3.55. The maximum absolute atomic E-state index is 13.0. The number of rotatable bonds is 8. The number of benzene rings is 1. The summed E-state index contributed by atoms with van der Waals surface area (Å²) in [6.07, 6.45) is 7.71. The first-order valence-electron chi connectivity index (χ1n) is 9.77. The van der Waals surface area contributed by atoms with Crippen LogP contribution in [-0.4, -0.2) is 44.5 Å². The summed E-state index contributed by atoms with van der Waals surface area (Å²) in [6.45, 7) is 3.65. The summed E-state index contributed by atoms with van der Waals surface area (Å²) in [6, 6.07) is 5.23. The number of aromatic nitrogens is 1. The Hall–Kier alpha value is -1.33. The molecule has 10 heteroatoms. The third-order valence-electron chi connectivity index (χ3n) is 5.00. The molecule has 1 N–H and O–H groups in total. The number of piperidine rings is 1. The van der Waals surface area contributed by atoms with Crippen LogP contribution >= 0.6 is 11.3 Å². The number of aryl methyl sites for hydroxylation is 1. The number of hydrogen-bond acceptors (Lipinski definition) is 5. The molecular weight excluding hydrogens is 432 g/mol. The molecule has 0 unspecified atom stereocenters. The Morgan fingerprint density at radius 2 is 1.86 bits per heavy atom. The molecule has 3 rings (SSSR count). The van der Waals surface area contributed by atoms with Crippen LogP contribution in [0.25, 0.3) is 16.3 Å². The van der Waals surface area contributed by atoms with Crippen LogP contribution in [0.15, 0.2) is 29.2 Å². The van der Waals surface area contributed by atoms with Crippen molar-refractivity contribution in [3.05, 3.63) is 29.3 Å². The lowest BCUT2D eigenvalue weighted by atomic mass is 10.2. The van der Waals surface area contributed by atoms with Crippen molar-refractivity contribution < 1.29 is 26.0 Å². The van der Waals surface area contributed by atoms with E-state index in [1.54, 1.807) is 16.4 Å². The molecule has 160 valence electrons. The van der Waals surface area contributed by atoms with Gasteiger partial charge in [0.15, 0.2) is 6.54 Å². The van der Waals surface area contributed by atoms with E-state index in [2.05, 4.69) is 4.57 Å². The van der Waals surface area contributed by atoms with Crippen LogP contribution in [0.1, 0.15) is 44.0 Å². The van der Waals surface area contributed by atoms with Gasteiger partial charge < -0.3 is 0 Å². The first-order valence-corrected chi connectivity index (χ1v) is 13.6. The predicted molar refractivity (Wildman–Crippen MR) is 115 cm³/mol. The predicted octanol–water partition coefficient (Wildman–Crippen LogP) is 3.06. The second-order valence-electron chi connectivity index (χ2n) is 7.18. The van der Waals surface area contributed by atoms with Crippen molar-refractivity contribution in [1.82, 2.24) is 4.31 Å². The van der Waals surface area contributed by atoms with Crippen LogP contribution in [0.4, 0.5) is 0 Å². The highest BCUT2D eigenvalue weighted by Gasteiger charge is 2.28. The lowest BCUT2D eigenvalue weighted by Gasteiger charge is -2.25. The van der Waals surface area contributed by atoms with Crippen molar-refractivity contribution in [2.45, 2.75) is 50.5 Å². The summed E-state index contributed by atoms with van der Waals surface area (Å²) in [5, 5.41) is 0.974. The number of hydrogen-bond donors (Lipinski definition) is 1. The van der Waals surface area contributed by atoms with E-state index >= 15 is 0 Å². The van der Waals surface area contributed by atoms with Gasteiger partial charge in [-0.25, -0.2) is 8.42 Å². The van der Waals surface area contributed by atoms with Gasteiger partial charge in [-0.05, 0) is 38.3 Å². The average molecular weight is 460 g/mol. The Bertz CT molecular complexity index is 1100. The summed E-state index contributed by atoms with van der Waals surface area (Å²) in [7, 11) is -7.44. The Labute approximate surface area is 176 Å². The van der Waals surface area contributed by atoms with Crippen LogP contribution < -0.4 is 4.57 Å². The molecule has 2 aromatic rings. The van der Waals surface area contributed by atoms with E-state index in [9.17, 15) is 16.8 Å². The third-order valence-corrected chi connectivity index (χ3v) is 8.81. The van der Waals surface area contributed by atoms with E-state index in [0.717, 1.165) is 34.5 Å². The molecule has 7 nitrogen and oxygen atoms in total. The SMILES string of the molecule is CC=Cc1sc2cc(S(=O)(=O)N3CCCCC3)ccc2[n+]1CCCCS(=O)(=O)O. The maximum atomic E-state index is 13.0. The lowest BCUT2D eigenvalue weighted by molar-refractivity contribution is -0.669. The topological polar surface area (TPSA) is 95.6 Å². The number of nitrogens with zero attached hydrogens (tertiary/aromatic N) is 2. The van der Waals surface area contributed by atoms with E-state index in [-0.39, 0.29) is 5.75 Å². The standard InChI is InChI=1S/C19H26N2O5S3/c1-2-8-19-21(13-6-7-14-28(22,23)24)17-10-9-16(15-18(17)27-19)29(25,26)20-11-4-3-5-12-20/h2,8-10,15H,3-7,11-14H2,1H3/p+1. The van der Waals surface area contributed by atoms with E-state index in [1.165, 1.54) is 11.3 Å². The monoisotopic (exact) mass is 459 g/mol. The van der Waals surface area contributed by atoms with Crippen molar-refractivity contribution in [2.75, 3.05) is 18.8 Å². The molecule has 0 bridgehead atoms. The van der Waals surface area contributed by atoms with Gasteiger partial charge in [-0.15, -0.1) is 0 Å². The zero-order chi connectivity index (χ0) is 21.1. The molecule has 29 heavy (non-hydrogen) atoms. The number of thiazole rings is 1. The highest BCUT2D eigenvalue weighted by atomic mass is 32.2. The second kappa shape index (κ2) is 9.22. The first kappa shape index (κ1) is 22.4. The van der Waals surface area contributed by atoms with Gasteiger partial charge in [0.05, 0.1) is 10.6 Å². The summed E-state index contributed by atoms with van der Waals surface area (Å²) >= 11 is 1.51. The zero-order valence-electron chi connectivity index (χ0n) is 16.5. The molecule has 0 spiro atoms. The summed E-state index contributed by atoms with van der Waals surface area (Å²) in [5.74, 6) is -0.257. The molecule has 2 heterocycles. The van der Waals surface area contributed by atoms with Crippen molar-refractivity contribution in [3.8, 4) is 0 Å². The van der Waals surface area contributed by atoms with Crippen molar-refractivity contribution in [3.63, 3.8) is 0 Å². The van der Waals surface area contributed by atoms with Gasteiger partial charge in [-0.2, -0.15) is 17.3 Å². The Kier molecular flexibility index (Phi) is 7.10. The van der Waals surface area contributed by atoms with Gasteiger partial charge in [-0.1, -0.05) is 23.8 Å². The second-order valence-corrected chi connectivity index (χ2v) is 11.8. The van der Waals surface area contributed by atoms with E-state index in [4.69, 9.17) is 4.55 Å². The molecule has 1 aromatic carbocycles. The largest absolute Gasteiger partial charge is 0.286 e. The first-order chi connectivity index (χ1) is 13.7. The molecule has 0 aliphatic carbocycles. The number of sulfonamides is 1. The van der Waals surface area contributed by atoms with Gasteiger partial charge in [0.25, 0.3) is 15.1 Å². The number of allylic oxidation sites excluding steroid dienone is 1. The van der Waals surface area contributed by atoms with Crippen LogP contribution in [0, 0.1) is 0 Å². The Morgan fingerprint density at radius 3 is 2.52 bits per heavy atom. The van der Waals surface area contributed by atoms with Gasteiger partial charge in [0.1, 0.15) is 4.70 Å². The molecule has 0 atom stereocenters. The third kappa shape index (κ3) is 5.43. The quantitative estimate of drug-likeness (QED) is 0.372. The average Bonchev–Trinajstić information content (AvgIpc) is 3.02. The Morgan fingerprint density at radius 1 is 1.14 bits per heavy atom. The lowest BCUT2D eigenvalue weighted by Crippen LogP contribution is -2.36. The molecule has 0 radical (unpaired) electrons. The van der Waals surface area contributed by atoms with Crippen LogP contribution in [0.3, 0.4) is 0 Å². The Balaban J connectivity index is 1.89. The molecule has 1 aliphatic rings. The molecule has 1 fully saturated rings. The highest BCUT2D eigenvalue weighted by Crippen LogP contribution is 2.27. The van der Waals surface area contributed by atoms with Crippen molar-refractivity contribution in [1.29, 1.82) is 0 Å². The van der Waals surface area contributed by atoms with E-state index < -0.39 is 20.1 Å². The molecule has 1 saturated heterocycles. The summed E-state index contributed by atoms with van der Waals surface area (Å²) in [4.78, 5) is 0.318. The van der Waals surface area contributed by atoms with E-state index in [0.29, 0.717) is 37.4 Å². The number of fused-ring (bicyclic) bond motifs is 1. The van der Waals surface area contributed by atoms with E-state index in [1.807, 2.05) is 25.1 Å². The normalized spacial score (nSPS) is 16.8. The van der Waals surface area contributed by atoms with Crippen molar-refractivity contribution in [2.24, 2.45) is 0 Å². The molecule has 1 aromatic heterocycles. The van der Waals surface area contributed by atoms with Crippen LogP contribution in [0.2, 0.25) is 0 Å². The molecule has 1 aliphatic heterocycles. The van der Waals surface area contributed by atoms with Crippen LogP contribution in [-0.2, 0) is 26.7 Å². The zero-order valence-corrected chi connectivity index (χ0v) is 18.9. The molecule has 0 saturated carbocycles. The van der Waals surface area contributed by atoms with Gasteiger partial charge in [0.2, 0.25) is 15.5 Å². The van der Waals surface area contributed by atoms with Gasteiger partial charge >= 0.3 is 0 Å². The minimum Gasteiger partial charge on any atom is -0.286 e. The minimum atomic E-state index is -3.95. The number of unbranched alkanes of at least 4 members (excludes halogenated alkanes) is 1. The summed E-state index contributed by atoms with van der Waals surface area (Å²) in [5.41, 5.74) is 0.924.